The predicted octanol–water partition coefficient (Wildman–Crippen LogP) is 2.73. The van der Waals surface area contributed by atoms with Crippen LogP contribution in [0.3, 0.4) is 0 Å². The van der Waals surface area contributed by atoms with E-state index < -0.39 is 0 Å². The van der Waals surface area contributed by atoms with Gasteiger partial charge in [-0.25, -0.2) is 9.37 Å². The summed E-state index contributed by atoms with van der Waals surface area (Å²) in [5, 5.41) is 0. The fraction of sp³-hybridized carbons (Fsp3) is 0.500. The van der Waals surface area contributed by atoms with Crippen molar-refractivity contribution < 1.29 is 9.13 Å². The largest absolute Gasteiger partial charge is 0.379 e. The highest BCUT2D eigenvalue weighted by molar-refractivity contribution is 5.40. The highest BCUT2D eigenvalue weighted by Crippen LogP contribution is 2.35. The molecule has 2 saturated heterocycles. The van der Waals surface area contributed by atoms with Crippen LogP contribution in [0, 0.1) is 11.2 Å². The maximum Gasteiger partial charge on any atom is 0.165 e. The van der Waals surface area contributed by atoms with E-state index in [-0.39, 0.29) is 11.2 Å². The van der Waals surface area contributed by atoms with Gasteiger partial charge in [-0.3, -0.25) is 9.88 Å². The average molecular weight is 356 g/mol. The van der Waals surface area contributed by atoms with E-state index in [1.54, 1.807) is 18.5 Å². The Morgan fingerprint density at radius 2 is 2.08 bits per heavy atom. The van der Waals surface area contributed by atoms with Crippen LogP contribution >= 0.6 is 0 Å². The van der Waals surface area contributed by atoms with E-state index >= 15 is 0 Å². The van der Waals surface area contributed by atoms with E-state index in [0.717, 1.165) is 45.6 Å². The number of piperidine rings is 1. The van der Waals surface area contributed by atoms with Crippen LogP contribution in [0.25, 0.3) is 0 Å². The van der Waals surface area contributed by atoms with Crippen LogP contribution in [-0.4, -0.2) is 54.3 Å². The van der Waals surface area contributed by atoms with E-state index in [2.05, 4.69) is 25.8 Å². The monoisotopic (exact) mass is 356 g/mol. The van der Waals surface area contributed by atoms with Crippen molar-refractivity contribution in [1.82, 2.24) is 14.9 Å². The van der Waals surface area contributed by atoms with Crippen molar-refractivity contribution in [3.63, 3.8) is 0 Å². The summed E-state index contributed by atoms with van der Waals surface area (Å²) in [5.74, 6) is 0.189. The second-order valence-electron chi connectivity index (χ2n) is 7.46. The Bertz CT molecular complexity index is 729. The summed E-state index contributed by atoms with van der Waals surface area (Å²) in [7, 11) is 0. The highest BCUT2D eigenvalue weighted by Gasteiger charge is 2.39. The van der Waals surface area contributed by atoms with Gasteiger partial charge in [-0.1, -0.05) is 6.07 Å². The molecule has 0 aliphatic carbocycles. The van der Waals surface area contributed by atoms with Gasteiger partial charge >= 0.3 is 0 Å². The summed E-state index contributed by atoms with van der Waals surface area (Å²) in [5.41, 5.74) is 1.24. The molecule has 4 rings (SSSR count). The third-order valence-corrected chi connectivity index (χ3v) is 5.35. The molecule has 138 valence electrons. The fourth-order valence-corrected chi connectivity index (χ4v) is 4.23. The molecule has 0 amide bonds. The molecule has 2 fully saturated rings. The van der Waals surface area contributed by atoms with Gasteiger partial charge in [0.15, 0.2) is 11.6 Å². The van der Waals surface area contributed by atoms with Gasteiger partial charge in [-0.2, -0.15) is 0 Å². The van der Waals surface area contributed by atoms with Crippen LogP contribution in [0.1, 0.15) is 18.4 Å². The quantitative estimate of drug-likeness (QED) is 0.846. The number of ether oxygens (including phenoxy) is 1. The molecule has 0 bridgehead atoms. The Morgan fingerprint density at radius 3 is 2.92 bits per heavy atom. The predicted molar refractivity (Wildman–Crippen MR) is 98.4 cm³/mol. The standard InChI is InChI=1S/C20H25FN4O/c21-18-5-2-8-23-19(18)25-10-11-26-16-20(15-25)6-3-9-24(14-20)13-17-4-1-7-22-12-17/h1-2,4-5,7-8,12H,3,6,9-11,13-16H2/t20-/m0/s1. The van der Waals surface area contributed by atoms with E-state index in [1.807, 2.05) is 12.3 Å². The number of hydrogen-bond donors (Lipinski definition) is 0. The van der Waals surface area contributed by atoms with Crippen LogP contribution in [0.15, 0.2) is 42.9 Å². The first kappa shape index (κ1) is 17.4. The van der Waals surface area contributed by atoms with Crippen LogP contribution in [-0.2, 0) is 11.3 Å². The van der Waals surface area contributed by atoms with Crippen molar-refractivity contribution in [3.8, 4) is 0 Å². The third-order valence-electron chi connectivity index (χ3n) is 5.35. The Balaban J connectivity index is 1.51. The summed E-state index contributed by atoms with van der Waals surface area (Å²) in [4.78, 5) is 13.0. The molecule has 1 atom stereocenters. The van der Waals surface area contributed by atoms with Crippen LogP contribution < -0.4 is 4.90 Å². The number of rotatable bonds is 3. The smallest absolute Gasteiger partial charge is 0.165 e. The van der Waals surface area contributed by atoms with Gasteiger partial charge in [-0.15, -0.1) is 0 Å². The first-order valence-electron chi connectivity index (χ1n) is 9.29. The lowest BCUT2D eigenvalue weighted by atomic mass is 9.80. The third kappa shape index (κ3) is 3.86. The van der Waals surface area contributed by atoms with E-state index in [0.29, 0.717) is 19.0 Å². The normalized spacial score (nSPS) is 24.6. The Labute approximate surface area is 153 Å². The lowest BCUT2D eigenvalue weighted by Gasteiger charge is -2.43. The molecule has 4 heterocycles. The molecular weight excluding hydrogens is 331 g/mol. The molecule has 6 heteroatoms. The van der Waals surface area contributed by atoms with E-state index in [9.17, 15) is 4.39 Å². The van der Waals surface area contributed by atoms with Crippen molar-refractivity contribution in [1.29, 1.82) is 0 Å². The molecule has 2 aromatic heterocycles. The number of halogens is 1. The Kier molecular flexibility index (Phi) is 5.13. The molecule has 2 aliphatic rings. The zero-order chi connectivity index (χ0) is 17.8. The summed E-state index contributed by atoms with van der Waals surface area (Å²) in [6.45, 7) is 5.72. The molecule has 0 aromatic carbocycles. The molecule has 0 N–H and O–H groups in total. The number of hydrogen-bond acceptors (Lipinski definition) is 5. The zero-order valence-corrected chi connectivity index (χ0v) is 15.0. The van der Waals surface area contributed by atoms with E-state index in [1.165, 1.54) is 11.6 Å². The minimum absolute atomic E-state index is 0.0148. The second-order valence-corrected chi connectivity index (χ2v) is 7.46. The second kappa shape index (κ2) is 7.68. The van der Waals surface area contributed by atoms with Gasteiger partial charge in [0, 0.05) is 50.2 Å². The van der Waals surface area contributed by atoms with Crippen molar-refractivity contribution in [2.75, 3.05) is 44.3 Å². The van der Waals surface area contributed by atoms with Gasteiger partial charge in [0.1, 0.15) is 0 Å². The van der Waals surface area contributed by atoms with Crippen LogP contribution in [0.5, 0.6) is 0 Å². The molecule has 1 spiro atoms. The molecule has 0 unspecified atom stereocenters. The van der Waals surface area contributed by atoms with Crippen LogP contribution in [0.4, 0.5) is 10.2 Å². The minimum Gasteiger partial charge on any atom is -0.379 e. The summed E-state index contributed by atoms with van der Waals surface area (Å²) >= 11 is 0. The molecule has 0 radical (unpaired) electrons. The molecule has 26 heavy (non-hydrogen) atoms. The molecular formula is C20H25FN4O. The van der Waals surface area contributed by atoms with Crippen LogP contribution in [0.2, 0.25) is 0 Å². The summed E-state index contributed by atoms with van der Waals surface area (Å²) in [6.07, 6.45) is 7.62. The van der Waals surface area contributed by atoms with Crippen molar-refractivity contribution in [2.45, 2.75) is 19.4 Å². The SMILES string of the molecule is Fc1cccnc1N1CCOC[C@]2(CCCN(Cc3cccnc3)C2)C1. The number of aromatic nitrogens is 2. The van der Waals surface area contributed by atoms with E-state index in [4.69, 9.17) is 4.74 Å². The number of pyridine rings is 2. The topological polar surface area (TPSA) is 41.5 Å². The molecule has 5 nitrogen and oxygen atoms in total. The Morgan fingerprint density at radius 1 is 1.15 bits per heavy atom. The number of anilines is 1. The average Bonchev–Trinajstić information content (AvgIpc) is 2.85. The minimum atomic E-state index is -0.257. The van der Waals surface area contributed by atoms with Gasteiger partial charge in [-0.05, 0) is 43.1 Å². The lowest BCUT2D eigenvalue weighted by Crippen LogP contribution is -2.50. The summed E-state index contributed by atoms with van der Waals surface area (Å²) in [6, 6.07) is 7.22. The maximum absolute atomic E-state index is 14.3. The highest BCUT2D eigenvalue weighted by atomic mass is 19.1. The van der Waals surface area contributed by atoms with Crippen molar-refractivity contribution in [2.24, 2.45) is 5.41 Å². The molecule has 0 saturated carbocycles. The summed E-state index contributed by atoms with van der Waals surface area (Å²) < 4.78 is 20.2. The fourth-order valence-electron chi connectivity index (χ4n) is 4.23. The van der Waals surface area contributed by atoms with Crippen molar-refractivity contribution in [3.05, 3.63) is 54.2 Å². The number of nitrogens with zero attached hydrogens (tertiary/aromatic N) is 4. The molecule has 2 aromatic rings. The first-order chi connectivity index (χ1) is 12.7. The first-order valence-corrected chi connectivity index (χ1v) is 9.29. The van der Waals surface area contributed by atoms with Gasteiger partial charge in [0.25, 0.3) is 0 Å². The van der Waals surface area contributed by atoms with Gasteiger partial charge < -0.3 is 9.64 Å². The Hall–Kier alpha value is -2.05. The zero-order valence-electron chi connectivity index (χ0n) is 15.0. The lowest BCUT2D eigenvalue weighted by molar-refractivity contribution is 0.0106. The van der Waals surface area contributed by atoms with Gasteiger partial charge in [0.2, 0.25) is 0 Å². The molecule has 2 aliphatic heterocycles. The number of likely N-dealkylation sites (tertiary alicyclic amines) is 1. The maximum atomic E-state index is 14.3. The van der Waals surface area contributed by atoms with Crippen molar-refractivity contribution >= 4 is 5.82 Å². The van der Waals surface area contributed by atoms with Gasteiger partial charge in [0.05, 0.1) is 13.2 Å².